The Morgan fingerprint density at radius 1 is 1.55 bits per heavy atom. The molecule has 0 aromatic carbocycles. The molecule has 4 N–H and O–H groups in total. The second-order valence-electron chi connectivity index (χ2n) is 4.66. The van der Waals surface area contributed by atoms with Crippen LogP contribution >= 0.6 is 0 Å². The molecular formula is C11H19N7O2. The SMILES string of the molecule is CN(C)C(=O)C1CN(c2cc/c(=N/N)n(N)n2)CCO1. The van der Waals surface area contributed by atoms with Gasteiger partial charge in [0, 0.05) is 20.6 Å². The summed E-state index contributed by atoms with van der Waals surface area (Å²) in [6.45, 7) is 1.53. The second-order valence-corrected chi connectivity index (χ2v) is 4.66. The van der Waals surface area contributed by atoms with Crippen molar-refractivity contribution in [3.05, 3.63) is 17.6 Å². The van der Waals surface area contributed by atoms with Crippen LogP contribution in [0.3, 0.4) is 0 Å². The maximum atomic E-state index is 11.9. The van der Waals surface area contributed by atoms with Crippen molar-refractivity contribution in [3.63, 3.8) is 0 Å². The molecule has 1 unspecified atom stereocenters. The van der Waals surface area contributed by atoms with Crippen LogP contribution in [0.25, 0.3) is 0 Å². The van der Waals surface area contributed by atoms with Crippen LogP contribution in [-0.4, -0.2) is 60.6 Å². The number of nitrogens with zero attached hydrogens (tertiary/aromatic N) is 5. The third-order valence-corrected chi connectivity index (χ3v) is 3.07. The quantitative estimate of drug-likeness (QED) is 0.464. The Kier molecular flexibility index (Phi) is 4.08. The van der Waals surface area contributed by atoms with Gasteiger partial charge in [0.25, 0.3) is 5.91 Å². The number of hydrogen-bond donors (Lipinski definition) is 2. The number of nitrogens with two attached hydrogens (primary N) is 2. The Hall–Kier alpha value is -2.29. The fourth-order valence-corrected chi connectivity index (χ4v) is 1.99. The van der Waals surface area contributed by atoms with Crippen molar-refractivity contribution in [2.45, 2.75) is 6.10 Å². The number of rotatable bonds is 2. The molecule has 1 saturated heterocycles. The van der Waals surface area contributed by atoms with Crippen LogP contribution in [0, 0.1) is 0 Å². The van der Waals surface area contributed by atoms with Crippen molar-refractivity contribution in [1.29, 1.82) is 0 Å². The Morgan fingerprint density at radius 2 is 2.30 bits per heavy atom. The topological polar surface area (TPSA) is 115 Å². The highest BCUT2D eigenvalue weighted by molar-refractivity contribution is 5.81. The molecule has 1 fully saturated rings. The summed E-state index contributed by atoms with van der Waals surface area (Å²) in [5, 5.41) is 7.67. The van der Waals surface area contributed by atoms with Crippen molar-refractivity contribution in [2.24, 2.45) is 10.9 Å². The highest BCUT2D eigenvalue weighted by atomic mass is 16.5. The summed E-state index contributed by atoms with van der Waals surface area (Å²) in [5.74, 6) is 11.4. The average Bonchev–Trinajstić information content (AvgIpc) is 2.46. The molecule has 2 rings (SSSR count). The molecule has 1 aromatic rings. The molecule has 2 heterocycles. The number of nitrogen functional groups attached to an aromatic ring is 1. The summed E-state index contributed by atoms with van der Waals surface area (Å²) in [4.78, 5) is 16.5. The molecule has 1 atom stereocenters. The van der Waals surface area contributed by atoms with E-state index in [0.29, 0.717) is 31.0 Å². The molecule has 1 aromatic heterocycles. The fraction of sp³-hybridized carbons (Fsp3) is 0.545. The predicted octanol–water partition coefficient (Wildman–Crippen LogP) is -2.34. The minimum atomic E-state index is -0.495. The van der Waals surface area contributed by atoms with Crippen LogP contribution in [0.2, 0.25) is 0 Å². The van der Waals surface area contributed by atoms with Crippen molar-refractivity contribution in [1.82, 2.24) is 14.8 Å². The van der Waals surface area contributed by atoms with Gasteiger partial charge in [-0.2, -0.15) is 9.89 Å². The van der Waals surface area contributed by atoms with Crippen molar-refractivity contribution in [2.75, 3.05) is 44.5 Å². The first-order valence-electron chi connectivity index (χ1n) is 6.20. The Balaban J connectivity index is 2.17. The van der Waals surface area contributed by atoms with Crippen LogP contribution < -0.4 is 22.1 Å². The molecule has 20 heavy (non-hydrogen) atoms. The van der Waals surface area contributed by atoms with Gasteiger partial charge in [0.2, 0.25) is 0 Å². The number of amides is 1. The lowest BCUT2D eigenvalue weighted by Gasteiger charge is -2.33. The zero-order valence-electron chi connectivity index (χ0n) is 11.6. The monoisotopic (exact) mass is 281 g/mol. The third-order valence-electron chi connectivity index (χ3n) is 3.07. The van der Waals surface area contributed by atoms with Crippen molar-refractivity contribution >= 4 is 11.7 Å². The van der Waals surface area contributed by atoms with E-state index in [1.807, 2.05) is 4.90 Å². The lowest BCUT2D eigenvalue weighted by Crippen LogP contribution is -2.50. The minimum Gasteiger partial charge on any atom is -0.365 e. The fourth-order valence-electron chi connectivity index (χ4n) is 1.99. The van der Waals surface area contributed by atoms with E-state index in [1.165, 1.54) is 4.90 Å². The standard InChI is InChI=1S/C11H19N7O2/c1-16(2)11(19)8-7-17(5-6-20-8)10-4-3-9(14-12)18(13)15-10/h3-4,8H,5-7,12-13H2,1-2H3/b14-9-. The van der Waals surface area contributed by atoms with Crippen LogP contribution in [0.4, 0.5) is 5.82 Å². The van der Waals surface area contributed by atoms with Crippen LogP contribution in [-0.2, 0) is 9.53 Å². The lowest BCUT2D eigenvalue weighted by atomic mass is 10.2. The number of carbonyl (C=O) groups is 1. The first kappa shape index (κ1) is 14.1. The Bertz CT molecular complexity index is 554. The summed E-state index contributed by atoms with van der Waals surface area (Å²) in [6.07, 6.45) is -0.495. The molecule has 0 spiro atoms. The average molecular weight is 281 g/mol. The number of carbonyl (C=O) groups excluding carboxylic acids is 1. The van der Waals surface area contributed by atoms with E-state index in [1.54, 1.807) is 26.2 Å². The molecule has 1 aliphatic heterocycles. The second kappa shape index (κ2) is 5.78. The largest absolute Gasteiger partial charge is 0.365 e. The smallest absolute Gasteiger partial charge is 0.253 e. The first-order valence-corrected chi connectivity index (χ1v) is 6.20. The molecule has 1 amide bonds. The lowest BCUT2D eigenvalue weighted by molar-refractivity contribution is -0.141. The van der Waals surface area contributed by atoms with E-state index in [2.05, 4.69) is 10.2 Å². The third kappa shape index (κ3) is 2.82. The van der Waals surface area contributed by atoms with Gasteiger partial charge in [0.05, 0.1) is 13.2 Å². The maximum absolute atomic E-state index is 11.9. The van der Waals surface area contributed by atoms with E-state index >= 15 is 0 Å². The van der Waals surface area contributed by atoms with E-state index < -0.39 is 6.10 Å². The molecular weight excluding hydrogens is 262 g/mol. The number of aromatic nitrogens is 2. The highest BCUT2D eigenvalue weighted by Gasteiger charge is 2.28. The van der Waals surface area contributed by atoms with Crippen LogP contribution in [0.5, 0.6) is 0 Å². The van der Waals surface area contributed by atoms with Crippen LogP contribution in [0.15, 0.2) is 17.2 Å². The van der Waals surface area contributed by atoms with Gasteiger partial charge in [-0.15, -0.1) is 5.10 Å². The van der Waals surface area contributed by atoms with E-state index in [9.17, 15) is 4.79 Å². The number of morpholine rings is 1. The molecule has 110 valence electrons. The van der Waals surface area contributed by atoms with E-state index in [4.69, 9.17) is 16.4 Å². The summed E-state index contributed by atoms with van der Waals surface area (Å²) in [7, 11) is 3.41. The Labute approximate surface area is 116 Å². The van der Waals surface area contributed by atoms with Gasteiger partial charge in [-0.25, -0.2) is 0 Å². The van der Waals surface area contributed by atoms with Gasteiger partial charge in [-0.1, -0.05) is 0 Å². The van der Waals surface area contributed by atoms with Crippen molar-refractivity contribution < 1.29 is 9.53 Å². The van der Waals surface area contributed by atoms with Crippen molar-refractivity contribution in [3.8, 4) is 0 Å². The highest BCUT2D eigenvalue weighted by Crippen LogP contribution is 2.14. The zero-order valence-corrected chi connectivity index (χ0v) is 11.6. The summed E-state index contributed by atoms with van der Waals surface area (Å²) >= 11 is 0. The van der Waals surface area contributed by atoms with Gasteiger partial charge >= 0.3 is 0 Å². The summed E-state index contributed by atoms with van der Waals surface area (Å²) in [6, 6.07) is 3.43. The summed E-state index contributed by atoms with van der Waals surface area (Å²) in [5.41, 5.74) is 0.364. The molecule has 9 nitrogen and oxygen atoms in total. The molecule has 1 aliphatic rings. The van der Waals surface area contributed by atoms with Crippen LogP contribution in [0.1, 0.15) is 0 Å². The Morgan fingerprint density at radius 3 is 2.90 bits per heavy atom. The molecule has 0 aliphatic carbocycles. The van der Waals surface area contributed by atoms with E-state index in [-0.39, 0.29) is 5.91 Å². The number of likely N-dealkylation sites (N-methyl/N-ethyl adjacent to an activating group) is 1. The first-order chi connectivity index (χ1) is 9.52. The van der Waals surface area contributed by atoms with E-state index in [0.717, 1.165) is 4.79 Å². The molecule has 0 radical (unpaired) electrons. The minimum absolute atomic E-state index is 0.0658. The van der Waals surface area contributed by atoms with Gasteiger partial charge in [0.1, 0.15) is 0 Å². The van der Waals surface area contributed by atoms with Gasteiger partial charge < -0.3 is 26.2 Å². The normalized spacial score (nSPS) is 20.0. The van der Waals surface area contributed by atoms with Gasteiger partial charge in [0.15, 0.2) is 17.4 Å². The van der Waals surface area contributed by atoms with Gasteiger partial charge in [-0.3, -0.25) is 4.79 Å². The molecule has 0 bridgehead atoms. The zero-order chi connectivity index (χ0) is 14.7. The summed E-state index contributed by atoms with van der Waals surface area (Å²) < 4.78 is 5.49. The predicted molar refractivity (Wildman–Crippen MR) is 72.8 cm³/mol. The maximum Gasteiger partial charge on any atom is 0.253 e. The number of anilines is 1. The number of ether oxygens (including phenoxy) is 1. The molecule has 0 saturated carbocycles. The molecule has 9 heteroatoms. The van der Waals surface area contributed by atoms with Gasteiger partial charge in [-0.05, 0) is 12.1 Å². The number of hydrogen-bond acceptors (Lipinski definition) is 7.